The predicted octanol–water partition coefficient (Wildman–Crippen LogP) is 7.11. The van der Waals surface area contributed by atoms with Crippen LogP contribution < -0.4 is 0 Å². The lowest BCUT2D eigenvalue weighted by molar-refractivity contribution is -0.106. The molecule has 5 aromatic rings. The zero-order valence-electron chi connectivity index (χ0n) is 27.6. The van der Waals surface area contributed by atoms with Crippen molar-refractivity contribution in [1.29, 1.82) is 0 Å². The van der Waals surface area contributed by atoms with Gasteiger partial charge in [0.05, 0.1) is 28.5 Å². The van der Waals surface area contributed by atoms with Crippen LogP contribution in [-0.4, -0.2) is 54.5 Å². The van der Waals surface area contributed by atoms with Crippen LogP contribution >= 0.6 is 0 Å². The van der Waals surface area contributed by atoms with E-state index in [1.807, 2.05) is 30.3 Å². The van der Waals surface area contributed by atoms with Gasteiger partial charge in [0.2, 0.25) is 0 Å². The number of rotatable bonds is 15. The van der Waals surface area contributed by atoms with Crippen molar-refractivity contribution in [1.82, 2.24) is 0 Å². The molecule has 10 nitrogen and oxygen atoms in total. The maximum absolute atomic E-state index is 13.7. The largest absolute Gasteiger partial charge is 0.455 e. The maximum Gasteiger partial charge on any atom is 0.338 e. The molecule has 0 spiro atoms. The minimum absolute atomic E-state index is 0.0721. The molecule has 5 rings (SSSR count). The van der Waals surface area contributed by atoms with Gasteiger partial charge in [-0.15, -0.1) is 0 Å². The number of hydrogen-bond donors (Lipinski definition) is 0. The van der Waals surface area contributed by atoms with Gasteiger partial charge in [-0.3, -0.25) is 0 Å². The fourth-order valence-electron chi connectivity index (χ4n) is 4.90. The number of oxime groups is 1. The summed E-state index contributed by atoms with van der Waals surface area (Å²) in [7, 11) is 0. The van der Waals surface area contributed by atoms with Crippen LogP contribution in [0.3, 0.4) is 0 Å². The summed E-state index contributed by atoms with van der Waals surface area (Å²) in [4.78, 5) is 59.6. The zero-order chi connectivity index (χ0) is 35.8. The Bertz CT molecular complexity index is 1890. The van der Waals surface area contributed by atoms with Crippen molar-refractivity contribution in [3.05, 3.63) is 179 Å². The van der Waals surface area contributed by atoms with Crippen LogP contribution in [0.1, 0.15) is 53.9 Å². The van der Waals surface area contributed by atoms with Crippen LogP contribution in [0.25, 0.3) is 0 Å². The highest BCUT2D eigenvalue weighted by Crippen LogP contribution is 2.23. The maximum atomic E-state index is 13.7. The molecule has 0 amide bonds. The van der Waals surface area contributed by atoms with E-state index in [0.717, 1.165) is 11.8 Å². The van der Waals surface area contributed by atoms with Crippen molar-refractivity contribution in [3.63, 3.8) is 0 Å². The van der Waals surface area contributed by atoms with Gasteiger partial charge in [0.25, 0.3) is 0 Å². The summed E-state index contributed by atoms with van der Waals surface area (Å²) in [5, 5.41) is 4.06. The van der Waals surface area contributed by atoms with E-state index in [1.54, 1.807) is 97.1 Å². The summed E-state index contributed by atoms with van der Waals surface area (Å²) in [5.74, 6) is -3.16. The third-order valence-corrected chi connectivity index (χ3v) is 7.53. The second-order valence-electron chi connectivity index (χ2n) is 11.2. The topological polar surface area (TPSA) is 127 Å². The van der Waals surface area contributed by atoms with Crippen molar-refractivity contribution in [3.8, 4) is 0 Å². The highest BCUT2D eigenvalue weighted by Gasteiger charge is 2.43. The van der Waals surface area contributed by atoms with E-state index >= 15 is 0 Å². The Kier molecular flexibility index (Phi) is 12.8. The molecule has 0 unspecified atom stereocenters. The normalized spacial score (nSPS) is 13.2. The first-order chi connectivity index (χ1) is 24.9. The second-order valence-corrected chi connectivity index (χ2v) is 11.2. The average molecular weight is 686 g/mol. The minimum Gasteiger partial charge on any atom is -0.455 e. The van der Waals surface area contributed by atoms with E-state index in [0.29, 0.717) is 0 Å². The third kappa shape index (κ3) is 10.5. The van der Waals surface area contributed by atoms with Gasteiger partial charge < -0.3 is 23.8 Å². The number of esters is 4. The van der Waals surface area contributed by atoms with Gasteiger partial charge in [-0.2, -0.15) is 0 Å². The molecule has 51 heavy (non-hydrogen) atoms. The molecule has 0 aliphatic heterocycles. The van der Waals surface area contributed by atoms with Gasteiger partial charge in [0, 0.05) is 0 Å². The molecule has 0 aromatic heterocycles. The summed E-state index contributed by atoms with van der Waals surface area (Å²) >= 11 is 0. The average Bonchev–Trinajstić information content (AvgIpc) is 3.18. The quantitative estimate of drug-likeness (QED) is 0.0490. The smallest absolute Gasteiger partial charge is 0.338 e. The molecule has 0 aliphatic carbocycles. The fraction of sp³-hybridized carbons (Fsp3) is 0.146. The molecule has 5 aromatic carbocycles. The summed E-state index contributed by atoms with van der Waals surface area (Å²) in [6.45, 7) is 1.55. The Labute approximate surface area is 295 Å². The molecular formula is C41H35NO9. The lowest BCUT2D eigenvalue weighted by Gasteiger charge is -2.33. The van der Waals surface area contributed by atoms with Crippen molar-refractivity contribution in [2.75, 3.05) is 0 Å². The number of benzene rings is 5. The highest BCUT2D eigenvalue weighted by molar-refractivity contribution is 5.92. The molecule has 0 radical (unpaired) electrons. The summed E-state index contributed by atoms with van der Waals surface area (Å²) in [6, 6.07) is 41.8. The van der Waals surface area contributed by atoms with Crippen LogP contribution in [0.2, 0.25) is 0 Å². The van der Waals surface area contributed by atoms with E-state index in [1.165, 1.54) is 31.2 Å². The van der Waals surface area contributed by atoms with Crippen LogP contribution in [0.15, 0.2) is 157 Å². The molecule has 0 fully saturated rings. The lowest BCUT2D eigenvalue weighted by atomic mass is 10.0. The number of carbonyl (C=O) groups excluding carboxylic acids is 4. The highest BCUT2D eigenvalue weighted by atomic mass is 16.6. The Morgan fingerprint density at radius 2 is 0.843 bits per heavy atom. The monoisotopic (exact) mass is 685 g/mol. The molecule has 0 bridgehead atoms. The van der Waals surface area contributed by atoms with E-state index in [-0.39, 0.29) is 28.9 Å². The molecule has 0 saturated carbocycles. The summed E-state index contributed by atoms with van der Waals surface area (Å²) < 4.78 is 23.7. The number of hydrogen-bond acceptors (Lipinski definition) is 10. The molecule has 0 heterocycles. The van der Waals surface area contributed by atoms with Gasteiger partial charge in [-0.05, 0) is 61.0 Å². The van der Waals surface area contributed by atoms with Crippen molar-refractivity contribution < 1.29 is 43.0 Å². The standard InChI is InChI=1S/C41H35NO9/c1-29(48-38(43)31-19-9-3-10-20-31)36(50-40(45)33-23-13-5-14-24-33)37(51-41(46)34-25-15-6-16-26-34)35(49-39(44)32-21-11-4-12-22-32)27-42-47-28-30-17-7-2-8-18-30/h2-27,29,35-37H,28H2,1H3/b42-27-/t29-,35+,36+,37-/m0/s1. The number of carbonyl (C=O) groups is 4. The first-order valence-electron chi connectivity index (χ1n) is 16.1. The number of nitrogens with zero attached hydrogens (tertiary/aromatic N) is 1. The fourth-order valence-corrected chi connectivity index (χ4v) is 4.90. The van der Waals surface area contributed by atoms with E-state index < -0.39 is 48.3 Å². The van der Waals surface area contributed by atoms with Gasteiger partial charge in [0.15, 0.2) is 18.3 Å². The molecule has 0 saturated heterocycles. The predicted molar refractivity (Wildman–Crippen MR) is 188 cm³/mol. The Balaban J connectivity index is 1.55. The Hall–Kier alpha value is -6.55. The van der Waals surface area contributed by atoms with Crippen LogP contribution in [0.4, 0.5) is 0 Å². The SMILES string of the molecule is C[C@H](OC(=O)c1ccccc1)[C@@H](OC(=O)c1ccccc1)[C@@H](OC(=O)c1ccccc1)[C@@H](/C=N\OCc1ccccc1)OC(=O)c1ccccc1. The summed E-state index contributed by atoms with van der Waals surface area (Å²) in [5.41, 5.74) is 1.58. The second kappa shape index (κ2) is 18.3. The molecular weight excluding hydrogens is 650 g/mol. The lowest BCUT2D eigenvalue weighted by Crippen LogP contribution is -2.51. The zero-order valence-corrected chi connectivity index (χ0v) is 27.6. The van der Waals surface area contributed by atoms with E-state index in [9.17, 15) is 19.2 Å². The van der Waals surface area contributed by atoms with Gasteiger partial charge in [-0.25, -0.2) is 19.2 Å². The van der Waals surface area contributed by atoms with E-state index in [2.05, 4.69) is 5.16 Å². The van der Waals surface area contributed by atoms with Crippen molar-refractivity contribution in [2.45, 2.75) is 37.9 Å². The van der Waals surface area contributed by atoms with Crippen molar-refractivity contribution >= 4 is 30.1 Å². The number of ether oxygens (including phenoxy) is 4. The van der Waals surface area contributed by atoms with Crippen molar-refractivity contribution in [2.24, 2.45) is 5.16 Å². The molecule has 0 N–H and O–H groups in total. The van der Waals surface area contributed by atoms with Gasteiger partial charge in [-0.1, -0.05) is 108 Å². The van der Waals surface area contributed by atoms with Crippen LogP contribution in [0, 0.1) is 0 Å². The van der Waals surface area contributed by atoms with Crippen LogP contribution in [-0.2, 0) is 30.4 Å². The Morgan fingerprint density at radius 3 is 1.27 bits per heavy atom. The molecule has 4 atom stereocenters. The van der Waals surface area contributed by atoms with E-state index in [4.69, 9.17) is 23.8 Å². The Morgan fingerprint density at radius 1 is 0.490 bits per heavy atom. The molecule has 0 aliphatic rings. The molecule has 258 valence electrons. The van der Waals surface area contributed by atoms with Gasteiger partial charge >= 0.3 is 23.9 Å². The van der Waals surface area contributed by atoms with Gasteiger partial charge in [0.1, 0.15) is 12.7 Å². The first kappa shape index (κ1) is 35.7. The minimum atomic E-state index is -1.61. The summed E-state index contributed by atoms with van der Waals surface area (Å²) in [6.07, 6.45) is -4.78. The first-order valence-corrected chi connectivity index (χ1v) is 16.1. The third-order valence-electron chi connectivity index (χ3n) is 7.53. The molecule has 10 heteroatoms. The van der Waals surface area contributed by atoms with Crippen LogP contribution in [0.5, 0.6) is 0 Å².